The van der Waals surface area contributed by atoms with E-state index in [1.54, 1.807) is 12.1 Å². The zero-order valence-corrected chi connectivity index (χ0v) is 17.1. The summed E-state index contributed by atoms with van der Waals surface area (Å²) in [6.45, 7) is 2.63. The minimum atomic E-state index is -3.68. The Morgan fingerprint density at radius 3 is 2.56 bits per heavy atom. The molecule has 2 fully saturated rings. The van der Waals surface area contributed by atoms with Crippen molar-refractivity contribution >= 4 is 16.0 Å². The molecule has 1 aliphatic heterocycles. The van der Waals surface area contributed by atoms with Crippen molar-refractivity contribution in [1.82, 2.24) is 10.2 Å². The number of nitrogens with zero attached hydrogens (tertiary/aromatic N) is 2. The van der Waals surface area contributed by atoms with Crippen molar-refractivity contribution in [3.8, 4) is 0 Å². The molecule has 0 aromatic heterocycles. The Morgan fingerprint density at radius 2 is 1.89 bits per heavy atom. The van der Waals surface area contributed by atoms with Gasteiger partial charge in [-0.05, 0) is 48.8 Å². The third kappa shape index (κ3) is 5.23. The summed E-state index contributed by atoms with van der Waals surface area (Å²) in [4.78, 5) is 7.02. The molecule has 3 rings (SSSR count). The first kappa shape index (κ1) is 20.1. The van der Waals surface area contributed by atoms with E-state index in [0.29, 0.717) is 12.0 Å². The van der Waals surface area contributed by atoms with Gasteiger partial charge in [-0.1, -0.05) is 37.8 Å². The van der Waals surface area contributed by atoms with E-state index in [-0.39, 0.29) is 4.90 Å². The van der Waals surface area contributed by atoms with Crippen LogP contribution in [0.4, 0.5) is 0 Å². The second-order valence-corrected chi connectivity index (χ2v) is 9.59. The molecule has 1 spiro atoms. The minimum Gasteiger partial charge on any atom is -0.352 e. The molecule has 0 amide bonds. The van der Waals surface area contributed by atoms with Crippen LogP contribution >= 0.6 is 0 Å². The van der Waals surface area contributed by atoms with E-state index in [2.05, 4.69) is 15.2 Å². The molecular formula is C20H32N4O2S. The van der Waals surface area contributed by atoms with Gasteiger partial charge >= 0.3 is 0 Å². The van der Waals surface area contributed by atoms with Crippen molar-refractivity contribution in [2.75, 3.05) is 20.1 Å². The second kappa shape index (κ2) is 8.61. The number of nitrogens with one attached hydrogen (secondary N) is 1. The molecule has 1 aromatic carbocycles. The van der Waals surface area contributed by atoms with E-state index in [4.69, 9.17) is 5.14 Å². The van der Waals surface area contributed by atoms with Crippen LogP contribution in [-0.4, -0.2) is 39.4 Å². The third-order valence-electron chi connectivity index (χ3n) is 6.01. The molecule has 0 atom stereocenters. The Bertz CT molecular complexity index is 768. The van der Waals surface area contributed by atoms with Crippen LogP contribution in [0.25, 0.3) is 0 Å². The lowest BCUT2D eigenvalue weighted by Crippen LogP contribution is -2.50. The summed E-state index contributed by atoms with van der Waals surface area (Å²) < 4.78 is 23.1. The maximum Gasteiger partial charge on any atom is 0.238 e. The highest BCUT2D eigenvalue weighted by atomic mass is 32.2. The standard InChI is InChI=1S/C20H32N4O2S/c1-22-19(23-15-17-8-6-9-18(14-17)27(21,25)26)24-13-7-12-20(16-24)10-4-2-3-5-11-20/h6,8-9,14H,2-5,7,10-13,15-16H2,1H3,(H,22,23)(H2,21,25,26). The zero-order chi connectivity index (χ0) is 19.3. The Balaban J connectivity index is 1.65. The molecule has 1 saturated heterocycles. The molecule has 7 heteroatoms. The van der Waals surface area contributed by atoms with Gasteiger partial charge in [-0.25, -0.2) is 13.6 Å². The van der Waals surface area contributed by atoms with Crippen LogP contribution in [0, 0.1) is 5.41 Å². The maximum atomic E-state index is 11.6. The Morgan fingerprint density at radius 1 is 1.19 bits per heavy atom. The van der Waals surface area contributed by atoms with Crippen molar-refractivity contribution in [1.29, 1.82) is 0 Å². The fourth-order valence-corrected chi connectivity index (χ4v) is 5.21. The normalized spacial score (nSPS) is 21.1. The summed E-state index contributed by atoms with van der Waals surface area (Å²) in [5, 5.41) is 8.65. The van der Waals surface area contributed by atoms with Crippen LogP contribution in [0.5, 0.6) is 0 Å². The number of guanidine groups is 1. The quantitative estimate of drug-likeness (QED) is 0.612. The van der Waals surface area contributed by atoms with E-state index in [1.807, 2.05) is 13.1 Å². The molecular weight excluding hydrogens is 360 g/mol. The average Bonchev–Trinajstić information content (AvgIpc) is 2.87. The van der Waals surface area contributed by atoms with Gasteiger partial charge < -0.3 is 10.2 Å². The third-order valence-corrected chi connectivity index (χ3v) is 6.93. The SMILES string of the molecule is CN=C(NCc1cccc(S(N)(=O)=O)c1)N1CCCC2(CCCCCC2)C1. The fraction of sp³-hybridized carbons (Fsp3) is 0.650. The fourth-order valence-electron chi connectivity index (χ4n) is 4.62. The number of aliphatic imine (C=N–C) groups is 1. The summed E-state index contributed by atoms with van der Waals surface area (Å²) in [5.74, 6) is 0.902. The van der Waals surface area contributed by atoms with Gasteiger partial charge in [0.25, 0.3) is 0 Å². The molecule has 0 unspecified atom stereocenters. The van der Waals surface area contributed by atoms with Crippen LogP contribution in [0.15, 0.2) is 34.2 Å². The number of hydrogen-bond donors (Lipinski definition) is 2. The Hall–Kier alpha value is -1.60. The molecule has 1 saturated carbocycles. The summed E-state index contributed by atoms with van der Waals surface area (Å²) in [6.07, 6.45) is 10.6. The van der Waals surface area contributed by atoms with Gasteiger partial charge in [-0.3, -0.25) is 4.99 Å². The van der Waals surface area contributed by atoms with Crippen LogP contribution in [0.3, 0.4) is 0 Å². The summed E-state index contributed by atoms with van der Waals surface area (Å²) in [5.41, 5.74) is 1.32. The first-order valence-corrected chi connectivity index (χ1v) is 11.5. The highest BCUT2D eigenvalue weighted by Gasteiger charge is 2.36. The van der Waals surface area contributed by atoms with E-state index in [9.17, 15) is 8.42 Å². The topological polar surface area (TPSA) is 87.8 Å². The Labute approximate surface area is 163 Å². The van der Waals surface area contributed by atoms with Gasteiger partial charge in [-0.2, -0.15) is 0 Å². The first-order valence-electron chi connectivity index (χ1n) is 9.99. The van der Waals surface area contributed by atoms with Crippen LogP contribution in [0.1, 0.15) is 56.9 Å². The molecule has 6 nitrogen and oxygen atoms in total. The van der Waals surface area contributed by atoms with Crippen molar-refractivity contribution in [3.63, 3.8) is 0 Å². The maximum absolute atomic E-state index is 11.6. The van der Waals surface area contributed by atoms with E-state index in [0.717, 1.165) is 24.6 Å². The highest BCUT2D eigenvalue weighted by Crippen LogP contribution is 2.42. The molecule has 1 aromatic rings. The van der Waals surface area contributed by atoms with Crippen LogP contribution < -0.4 is 10.5 Å². The molecule has 27 heavy (non-hydrogen) atoms. The lowest BCUT2D eigenvalue weighted by molar-refractivity contribution is 0.115. The largest absolute Gasteiger partial charge is 0.352 e. The lowest BCUT2D eigenvalue weighted by atomic mass is 9.74. The predicted octanol–water partition coefficient (Wildman–Crippen LogP) is 2.85. The molecule has 1 heterocycles. The number of piperidine rings is 1. The smallest absolute Gasteiger partial charge is 0.238 e. The number of sulfonamides is 1. The van der Waals surface area contributed by atoms with Crippen molar-refractivity contribution in [2.24, 2.45) is 15.5 Å². The van der Waals surface area contributed by atoms with Crippen molar-refractivity contribution < 1.29 is 8.42 Å². The van der Waals surface area contributed by atoms with Gasteiger partial charge in [0.05, 0.1) is 4.90 Å². The summed E-state index contributed by atoms with van der Waals surface area (Å²) in [6, 6.07) is 6.77. The van der Waals surface area contributed by atoms with E-state index in [1.165, 1.54) is 57.4 Å². The number of likely N-dealkylation sites (tertiary alicyclic amines) is 1. The van der Waals surface area contributed by atoms with Crippen molar-refractivity contribution in [2.45, 2.75) is 62.8 Å². The molecule has 3 N–H and O–H groups in total. The lowest BCUT2D eigenvalue weighted by Gasteiger charge is -2.44. The number of benzene rings is 1. The number of primary sulfonamides is 1. The second-order valence-electron chi connectivity index (χ2n) is 8.03. The van der Waals surface area contributed by atoms with Crippen LogP contribution in [-0.2, 0) is 16.6 Å². The monoisotopic (exact) mass is 392 g/mol. The first-order chi connectivity index (χ1) is 12.9. The van der Waals surface area contributed by atoms with E-state index < -0.39 is 10.0 Å². The van der Waals surface area contributed by atoms with Gasteiger partial charge in [-0.15, -0.1) is 0 Å². The number of nitrogens with two attached hydrogens (primary N) is 1. The van der Waals surface area contributed by atoms with E-state index >= 15 is 0 Å². The van der Waals surface area contributed by atoms with Crippen molar-refractivity contribution in [3.05, 3.63) is 29.8 Å². The molecule has 0 bridgehead atoms. The van der Waals surface area contributed by atoms with Gasteiger partial charge in [0.1, 0.15) is 0 Å². The minimum absolute atomic E-state index is 0.146. The average molecular weight is 393 g/mol. The summed E-state index contributed by atoms with van der Waals surface area (Å²) >= 11 is 0. The molecule has 2 aliphatic rings. The summed E-state index contributed by atoms with van der Waals surface area (Å²) in [7, 11) is -1.86. The zero-order valence-electron chi connectivity index (χ0n) is 16.3. The molecule has 0 radical (unpaired) electrons. The Kier molecular flexibility index (Phi) is 6.42. The predicted molar refractivity (Wildman–Crippen MR) is 109 cm³/mol. The van der Waals surface area contributed by atoms with Gasteiger partial charge in [0.2, 0.25) is 10.0 Å². The van der Waals surface area contributed by atoms with Crippen LogP contribution in [0.2, 0.25) is 0 Å². The van der Waals surface area contributed by atoms with Gasteiger partial charge in [0, 0.05) is 26.7 Å². The van der Waals surface area contributed by atoms with Gasteiger partial charge in [0.15, 0.2) is 5.96 Å². The molecule has 150 valence electrons. The number of hydrogen-bond acceptors (Lipinski definition) is 3. The molecule has 1 aliphatic carbocycles. The number of rotatable bonds is 3. The highest BCUT2D eigenvalue weighted by molar-refractivity contribution is 7.89.